The molecule has 0 radical (unpaired) electrons. The van der Waals surface area contributed by atoms with Crippen LogP contribution in [0.25, 0.3) is 0 Å². The minimum Gasteiger partial charge on any atom is -0.496 e. The zero-order valence-electron chi connectivity index (χ0n) is 18.1. The molecule has 1 unspecified atom stereocenters. The van der Waals surface area contributed by atoms with Crippen molar-refractivity contribution in [2.45, 2.75) is 51.4 Å². The minimum atomic E-state index is -5.08. The normalized spacial score (nSPS) is 16.0. The van der Waals surface area contributed by atoms with Crippen LogP contribution in [0, 0.1) is 5.92 Å². The first kappa shape index (κ1) is 28.1. The number of carboxylic acid groups (broad SMARTS) is 1. The largest absolute Gasteiger partial charge is 0.496 e. The second-order valence-corrected chi connectivity index (χ2v) is 8.96. The number of nitrogens with zero attached hydrogens (tertiary/aromatic N) is 1. The molecule has 0 aliphatic carbocycles. The van der Waals surface area contributed by atoms with Crippen molar-refractivity contribution in [3.63, 3.8) is 0 Å². The number of carbonyl (C=O) groups is 2. The number of carboxylic acids is 1. The molecule has 0 saturated carbocycles. The Balaban J connectivity index is 0.000000633. The number of hydrogen-bond donors (Lipinski definition) is 2. The first-order chi connectivity index (χ1) is 14.6. The maximum absolute atomic E-state index is 12.2. The molecule has 0 aromatic heterocycles. The summed E-state index contributed by atoms with van der Waals surface area (Å²) in [5.41, 5.74) is 6.82. The lowest BCUT2D eigenvalue weighted by atomic mass is 9.85. The molecule has 1 fully saturated rings. The maximum Gasteiger partial charge on any atom is 0.490 e. The third-order valence-electron chi connectivity index (χ3n) is 4.57. The van der Waals surface area contributed by atoms with Gasteiger partial charge in [-0.05, 0) is 45.6 Å². The predicted molar refractivity (Wildman–Crippen MR) is 114 cm³/mol. The van der Waals surface area contributed by atoms with E-state index in [1.165, 1.54) is 0 Å². The molecule has 12 heteroatoms. The van der Waals surface area contributed by atoms with Gasteiger partial charge < -0.3 is 25.2 Å². The van der Waals surface area contributed by atoms with Crippen LogP contribution in [0.4, 0.5) is 18.0 Å². The zero-order chi connectivity index (χ0) is 24.9. The number of ether oxygens (including phenoxy) is 2. The molecule has 182 valence electrons. The molecular weight excluding hydrogens is 476 g/mol. The number of aliphatic carboxylic acids is 1. The van der Waals surface area contributed by atoms with Crippen LogP contribution in [0.2, 0.25) is 10.0 Å². The van der Waals surface area contributed by atoms with E-state index in [1.54, 1.807) is 24.1 Å². The Labute approximate surface area is 194 Å². The van der Waals surface area contributed by atoms with Gasteiger partial charge in [0, 0.05) is 30.8 Å². The molecule has 1 atom stereocenters. The Hall–Kier alpha value is -1.91. The molecule has 32 heavy (non-hydrogen) atoms. The summed E-state index contributed by atoms with van der Waals surface area (Å²) in [5, 5.41) is 8.02. The van der Waals surface area contributed by atoms with E-state index in [0.717, 1.165) is 18.4 Å². The predicted octanol–water partition coefficient (Wildman–Crippen LogP) is 5.28. The minimum absolute atomic E-state index is 0.227. The number of rotatable bonds is 3. The van der Waals surface area contributed by atoms with Crippen LogP contribution in [0.5, 0.6) is 5.75 Å². The lowest BCUT2D eigenvalue weighted by molar-refractivity contribution is -0.192. The molecule has 0 bridgehead atoms. The fraction of sp³-hybridized carbons (Fsp3) is 0.600. The van der Waals surface area contributed by atoms with Crippen molar-refractivity contribution in [2.24, 2.45) is 11.7 Å². The fourth-order valence-electron chi connectivity index (χ4n) is 3.00. The summed E-state index contributed by atoms with van der Waals surface area (Å²) in [7, 11) is 1.58. The first-order valence-corrected chi connectivity index (χ1v) is 10.4. The molecule has 0 spiro atoms. The van der Waals surface area contributed by atoms with Crippen LogP contribution in [0.3, 0.4) is 0 Å². The van der Waals surface area contributed by atoms with Gasteiger partial charge in [0.05, 0.1) is 17.2 Å². The van der Waals surface area contributed by atoms with Crippen molar-refractivity contribution >= 4 is 35.3 Å². The molecular formula is C20H27Cl2F3N2O5. The number of benzene rings is 1. The molecule has 3 N–H and O–H groups in total. The second-order valence-electron chi connectivity index (χ2n) is 8.14. The first-order valence-electron chi connectivity index (χ1n) is 9.63. The number of alkyl halides is 3. The highest BCUT2D eigenvalue weighted by Crippen LogP contribution is 2.38. The van der Waals surface area contributed by atoms with Gasteiger partial charge >= 0.3 is 18.2 Å². The van der Waals surface area contributed by atoms with E-state index < -0.39 is 17.7 Å². The third kappa shape index (κ3) is 8.55. The van der Waals surface area contributed by atoms with Crippen molar-refractivity contribution in [1.29, 1.82) is 0 Å². The van der Waals surface area contributed by atoms with Crippen LogP contribution in [0.1, 0.15) is 45.2 Å². The van der Waals surface area contributed by atoms with Crippen molar-refractivity contribution in [2.75, 3.05) is 20.2 Å². The summed E-state index contributed by atoms with van der Waals surface area (Å²) >= 11 is 12.2. The topological polar surface area (TPSA) is 102 Å². The van der Waals surface area contributed by atoms with Crippen LogP contribution in [-0.2, 0) is 9.53 Å². The number of nitrogens with two attached hydrogens (primary N) is 1. The summed E-state index contributed by atoms with van der Waals surface area (Å²) in [6.45, 7) is 6.84. The van der Waals surface area contributed by atoms with Gasteiger partial charge in [0.1, 0.15) is 11.4 Å². The fourth-order valence-corrected chi connectivity index (χ4v) is 3.33. The Morgan fingerprint density at radius 2 is 1.62 bits per heavy atom. The van der Waals surface area contributed by atoms with Crippen molar-refractivity contribution in [3.8, 4) is 5.75 Å². The second kappa shape index (κ2) is 11.3. The van der Waals surface area contributed by atoms with Crippen LogP contribution in [-0.4, -0.2) is 54.0 Å². The Bertz CT molecular complexity index is 808. The molecule has 7 nitrogen and oxygen atoms in total. The lowest BCUT2D eigenvalue weighted by Gasteiger charge is -2.36. The van der Waals surface area contributed by atoms with Gasteiger partial charge in [-0.2, -0.15) is 13.2 Å². The van der Waals surface area contributed by atoms with Gasteiger partial charge in [0.2, 0.25) is 0 Å². The Morgan fingerprint density at radius 3 is 2.03 bits per heavy atom. The Kier molecular flexibility index (Phi) is 9.92. The number of hydrogen-bond acceptors (Lipinski definition) is 5. The van der Waals surface area contributed by atoms with Gasteiger partial charge in [-0.1, -0.05) is 23.2 Å². The average molecular weight is 503 g/mol. The van der Waals surface area contributed by atoms with Gasteiger partial charge in [0.25, 0.3) is 0 Å². The summed E-state index contributed by atoms with van der Waals surface area (Å²) < 4.78 is 42.6. The number of likely N-dealkylation sites (tertiary alicyclic amines) is 1. The van der Waals surface area contributed by atoms with Crippen molar-refractivity contribution in [1.82, 2.24) is 4.90 Å². The molecule has 2 rings (SSSR count). The van der Waals surface area contributed by atoms with Crippen LogP contribution < -0.4 is 10.5 Å². The maximum atomic E-state index is 12.2. The molecule has 1 amide bonds. The van der Waals surface area contributed by atoms with Crippen LogP contribution in [0.15, 0.2) is 12.1 Å². The number of halogens is 5. The standard InChI is InChI=1S/C18H26Cl2N2O3.C2HF3O2/c1-18(2,3)25-17(23)22-7-5-11(6-8-22)16(21)12-9-13(19)14(20)10-15(12)24-4;3-2(4,5)1(6)7/h9-11,16H,5-8,21H2,1-4H3;(H,6,7). The summed E-state index contributed by atoms with van der Waals surface area (Å²) in [4.78, 5) is 22.8. The zero-order valence-corrected chi connectivity index (χ0v) is 19.6. The lowest BCUT2D eigenvalue weighted by Crippen LogP contribution is -2.43. The molecule has 1 aromatic rings. The van der Waals surface area contributed by atoms with Gasteiger partial charge in [-0.3, -0.25) is 0 Å². The third-order valence-corrected chi connectivity index (χ3v) is 5.30. The smallest absolute Gasteiger partial charge is 0.490 e. The van der Waals surface area contributed by atoms with Gasteiger partial charge in [0.15, 0.2) is 0 Å². The van der Waals surface area contributed by atoms with Crippen LogP contribution >= 0.6 is 23.2 Å². The number of methoxy groups -OCH3 is 1. The monoisotopic (exact) mass is 502 g/mol. The summed E-state index contributed by atoms with van der Waals surface area (Å²) in [6, 6.07) is 3.23. The quantitative estimate of drug-likeness (QED) is 0.582. The molecule has 1 aliphatic rings. The average Bonchev–Trinajstić information content (AvgIpc) is 2.67. The van der Waals surface area contributed by atoms with E-state index >= 15 is 0 Å². The number of carbonyl (C=O) groups excluding carboxylic acids is 1. The van der Waals surface area contributed by atoms with Gasteiger partial charge in [-0.15, -0.1) is 0 Å². The molecule has 1 heterocycles. The van der Waals surface area contributed by atoms with E-state index in [2.05, 4.69) is 0 Å². The van der Waals surface area contributed by atoms with E-state index in [0.29, 0.717) is 28.9 Å². The van der Waals surface area contributed by atoms with E-state index in [4.69, 9.17) is 48.3 Å². The molecule has 1 aromatic carbocycles. The molecule has 1 saturated heterocycles. The Morgan fingerprint density at radius 1 is 1.16 bits per heavy atom. The summed E-state index contributed by atoms with van der Waals surface area (Å²) in [6.07, 6.45) is -3.76. The van der Waals surface area contributed by atoms with Crippen molar-refractivity contribution < 1.29 is 37.3 Å². The number of amides is 1. The molecule has 1 aliphatic heterocycles. The van der Waals surface area contributed by atoms with E-state index in [-0.39, 0.29) is 18.1 Å². The van der Waals surface area contributed by atoms with Gasteiger partial charge in [-0.25, -0.2) is 9.59 Å². The SMILES string of the molecule is COc1cc(Cl)c(Cl)cc1C(N)C1CCN(C(=O)OC(C)(C)C)CC1.O=C(O)C(F)(F)F. The number of piperidine rings is 1. The van der Waals surface area contributed by atoms with E-state index in [1.807, 2.05) is 20.8 Å². The highest BCUT2D eigenvalue weighted by molar-refractivity contribution is 6.42. The highest BCUT2D eigenvalue weighted by atomic mass is 35.5. The van der Waals surface area contributed by atoms with Crippen molar-refractivity contribution in [3.05, 3.63) is 27.7 Å². The van der Waals surface area contributed by atoms with E-state index in [9.17, 15) is 18.0 Å². The summed E-state index contributed by atoms with van der Waals surface area (Å²) in [5.74, 6) is -1.89. The highest BCUT2D eigenvalue weighted by Gasteiger charge is 2.38.